The maximum atomic E-state index is 4.86. The lowest BCUT2D eigenvalue weighted by Crippen LogP contribution is -2.24. The molecule has 4 rings (SSSR count). The van der Waals surface area contributed by atoms with Crippen LogP contribution < -0.4 is 9.80 Å². The number of para-hydroxylation sites is 1. The first-order valence-corrected chi connectivity index (χ1v) is 9.02. The van der Waals surface area contributed by atoms with Gasteiger partial charge in [0.05, 0.1) is 0 Å². The minimum Gasteiger partial charge on any atom is -0.359 e. The number of benzene rings is 1. The van der Waals surface area contributed by atoms with Crippen LogP contribution in [0.5, 0.6) is 0 Å². The molecule has 0 radical (unpaired) electrons. The van der Waals surface area contributed by atoms with Crippen LogP contribution in [0.3, 0.4) is 0 Å². The number of likely N-dealkylation sites (N-methyl/N-ethyl adjacent to an activating group) is 1. The van der Waals surface area contributed by atoms with Gasteiger partial charge in [-0.3, -0.25) is 4.98 Å². The van der Waals surface area contributed by atoms with E-state index in [-0.39, 0.29) is 0 Å². The number of hydrogen-bond donors (Lipinski definition) is 0. The lowest BCUT2D eigenvalue weighted by atomic mass is 10.2. The zero-order valence-electron chi connectivity index (χ0n) is 15.3. The Morgan fingerprint density at radius 3 is 2.73 bits per heavy atom. The van der Waals surface area contributed by atoms with E-state index in [4.69, 9.17) is 9.97 Å². The fraction of sp³-hybridized carbons (Fsp3) is 0.286. The number of rotatable bonds is 5. The van der Waals surface area contributed by atoms with Crippen molar-refractivity contribution in [2.75, 3.05) is 29.9 Å². The van der Waals surface area contributed by atoms with Crippen LogP contribution in [0.4, 0.5) is 17.5 Å². The molecule has 1 aliphatic heterocycles. The number of hydrogen-bond acceptors (Lipinski definition) is 5. The summed E-state index contributed by atoms with van der Waals surface area (Å²) in [5, 5.41) is 0. The van der Waals surface area contributed by atoms with Crippen molar-refractivity contribution in [2.24, 2.45) is 0 Å². The van der Waals surface area contributed by atoms with Gasteiger partial charge >= 0.3 is 0 Å². The molecule has 132 valence electrons. The van der Waals surface area contributed by atoms with Gasteiger partial charge in [0.15, 0.2) is 0 Å². The molecule has 0 atom stereocenters. The van der Waals surface area contributed by atoms with Crippen LogP contribution in [0.25, 0.3) is 0 Å². The third kappa shape index (κ3) is 3.38. The van der Waals surface area contributed by atoms with Gasteiger partial charge in [0, 0.05) is 50.0 Å². The number of aromatic nitrogens is 3. The highest BCUT2D eigenvalue weighted by Crippen LogP contribution is 2.33. The molecule has 0 saturated carbocycles. The van der Waals surface area contributed by atoms with Crippen LogP contribution in [0.2, 0.25) is 0 Å². The average molecular weight is 345 g/mol. The molecule has 3 heterocycles. The third-order valence-electron chi connectivity index (χ3n) is 4.83. The lowest BCUT2D eigenvalue weighted by Gasteiger charge is -2.22. The normalized spacial score (nSPS) is 12.9. The van der Waals surface area contributed by atoms with Gasteiger partial charge in [0.1, 0.15) is 5.82 Å². The van der Waals surface area contributed by atoms with E-state index < -0.39 is 0 Å². The van der Waals surface area contributed by atoms with E-state index in [1.54, 1.807) is 0 Å². The van der Waals surface area contributed by atoms with Crippen molar-refractivity contribution in [1.82, 2.24) is 15.0 Å². The van der Waals surface area contributed by atoms with E-state index in [0.29, 0.717) is 0 Å². The fourth-order valence-electron chi connectivity index (χ4n) is 3.36. The second-order valence-corrected chi connectivity index (χ2v) is 6.72. The van der Waals surface area contributed by atoms with Crippen molar-refractivity contribution < 1.29 is 0 Å². The molecule has 5 nitrogen and oxygen atoms in total. The third-order valence-corrected chi connectivity index (χ3v) is 4.83. The van der Waals surface area contributed by atoms with Crippen LogP contribution in [0.15, 0.2) is 54.9 Å². The zero-order valence-corrected chi connectivity index (χ0v) is 15.3. The second kappa shape index (κ2) is 7.12. The SMILES string of the molecule is Cc1cc(N(C)CCc2ccncc2)nc(N2CCc3ccccc32)n1. The summed E-state index contributed by atoms with van der Waals surface area (Å²) in [5.41, 5.74) is 4.87. The Hall–Kier alpha value is -2.95. The zero-order chi connectivity index (χ0) is 17.9. The molecular formula is C21H23N5. The highest BCUT2D eigenvalue weighted by Gasteiger charge is 2.22. The molecule has 0 saturated heterocycles. The maximum absolute atomic E-state index is 4.86. The molecular weight excluding hydrogens is 322 g/mol. The van der Waals surface area contributed by atoms with Crippen LogP contribution in [0, 0.1) is 6.92 Å². The molecule has 5 heteroatoms. The van der Waals surface area contributed by atoms with Crippen LogP contribution in [-0.4, -0.2) is 35.1 Å². The summed E-state index contributed by atoms with van der Waals surface area (Å²) in [6.45, 7) is 3.87. The summed E-state index contributed by atoms with van der Waals surface area (Å²) in [7, 11) is 2.09. The fourth-order valence-corrected chi connectivity index (χ4v) is 3.36. The molecule has 0 aliphatic carbocycles. The molecule has 0 bridgehead atoms. The van der Waals surface area contributed by atoms with Gasteiger partial charge in [-0.15, -0.1) is 0 Å². The Bertz CT molecular complexity index is 894. The standard InChI is InChI=1S/C21H23N5/c1-16-15-20(25(2)13-9-17-7-11-22-12-8-17)24-21(23-16)26-14-10-18-5-3-4-6-19(18)26/h3-8,11-12,15H,9-10,13-14H2,1-2H3. The van der Waals surface area contributed by atoms with E-state index >= 15 is 0 Å². The highest BCUT2D eigenvalue weighted by atomic mass is 15.3. The predicted octanol–water partition coefficient (Wildman–Crippen LogP) is 3.55. The summed E-state index contributed by atoms with van der Waals surface area (Å²) in [6.07, 6.45) is 5.69. The first-order chi connectivity index (χ1) is 12.7. The summed E-state index contributed by atoms with van der Waals surface area (Å²) < 4.78 is 0. The van der Waals surface area contributed by atoms with Crippen molar-refractivity contribution in [3.63, 3.8) is 0 Å². The van der Waals surface area contributed by atoms with E-state index in [1.807, 2.05) is 19.3 Å². The van der Waals surface area contributed by atoms with Crippen molar-refractivity contribution >= 4 is 17.5 Å². The monoisotopic (exact) mass is 345 g/mol. The second-order valence-electron chi connectivity index (χ2n) is 6.72. The molecule has 3 aromatic rings. The van der Waals surface area contributed by atoms with Crippen molar-refractivity contribution in [3.05, 3.63) is 71.7 Å². The minimum atomic E-state index is 0.792. The summed E-state index contributed by atoms with van der Waals surface area (Å²) in [6, 6.07) is 14.7. The summed E-state index contributed by atoms with van der Waals surface area (Å²) in [4.78, 5) is 18.0. The van der Waals surface area contributed by atoms with Gasteiger partial charge in [0.25, 0.3) is 0 Å². The summed E-state index contributed by atoms with van der Waals surface area (Å²) in [5.74, 6) is 1.76. The molecule has 2 aromatic heterocycles. The largest absolute Gasteiger partial charge is 0.359 e. The Morgan fingerprint density at radius 1 is 1.08 bits per heavy atom. The van der Waals surface area contributed by atoms with Gasteiger partial charge in [-0.1, -0.05) is 18.2 Å². The van der Waals surface area contributed by atoms with Gasteiger partial charge in [-0.25, -0.2) is 4.98 Å². The number of pyridine rings is 1. The molecule has 0 amide bonds. The molecule has 1 aliphatic rings. The lowest BCUT2D eigenvalue weighted by molar-refractivity contribution is 0.843. The topological polar surface area (TPSA) is 45.2 Å². The minimum absolute atomic E-state index is 0.792. The van der Waals surface area contributed by atoms with Crippen LogP contribution >= 0.6 is 0 Å². The molecule has 0 N–H and O–H groups in total. The number of nitrogens with zero attached hydrogens (tertiary/aromatic N) is 5. The maximum Gasteiger partial charge on any atom is 0.232 e. The Kier molecular flexibility index (Phi) is 4.52. The average Bonchev–Trinajstić information content (AvgIpc) is 3.10. The van der Waals surface area contributed by atoms with Gasteiger partial charge in [0.2, 0.25) is 5.95 Å². The Balaban J connectivity index is 1.55. The van der Waals surface area contributed by atoms with E-state index in [9.17, 15) is 0 Å². The van der Waals surface area contributed by atoms with Gasteiger partial charge in [-0.2, -0.15) is 4.98 Å². The quantitative estimate of drug-likeness (QED) is 0.707. The van der Waals surface area contributed by atoms with Crippen molar-refractivity contribution in [3.8, 4) is 0 Å². The summed E-state index contributed by atoms with van der Waals surface area (Å²) >= 11 is 0. The number of aryl methyl sites for hydroxylation is 1. The van der Waals surface area contributed by atoms with Crippen LogP contribution in [-0.2, 0) is 12.8 Å². The molecule has 26 heavy (non-hydrogen) atoms. The Labute approximate surface area is 154 Å². The van der Waals surface area contributed by atoms with Gasteiger partial charge in [-0.05, 0) is 49.1 Å². The Morgan fingerprint density at radius 2 is 1.88 bits per heavy atom. The molecule has 0 unspecified atom stereocenters. The molecule has 0 fully saturated rings. The smallest absolute Gasteiger partial charge is 0.232 e. The van der Waals surface area contributed by atoms with E-state index in [2.05, 4.69) is 64.3 Å². The van der Waals surface area contributed by atoms with E-state index in [0.717, 1.165) is 43.4 Å². The first kappa shape index (κ1) is 16.5. The van der Waals surface area contributed by atoms with Crippen molar-refractivity contribution in [2.45, 2.75) is 19.8 Å². The van der Waals surface area contributed by atoms with Gasteiger partial charge < -0.3 is 9.80 Å². The van der Waals surface area contributed by atoms with Crippen molar-refractivity contribution in [1.29, 1.82) is 0 Å². The predicted molar refractivity (Wildman–Crippen MR) is 105 cm³/mol. The number of anilines is 3. The molecule has 0 spiro atoms. The van der Waals surface area contributed by atoms with Crippen LogP contribution in [0.1, 0.15) is 16.8 Å². The first-order valence-electron chi connectivity index (χ1n) is 9.02. The number of fused-ring (bicyclic) bond motifs is 1. The molecule has 1 aromatic carbocycles. The van der Waals surface area contributed by atoms with E-state index in [1.165, 1.54) is 16.8 Å². The highest BCUT2D eigenvalue weighted by molar-refractivity contribution is 5.66.